The van der Waals surface area contributed by atoms with Crippen molar-refractivity contribution in [3.8, 4) is 11.5 Å². The highest BCUT2D eigenvalue weighted by Gasteiger charge is 2.49. The van der Waals surface area contributed by atoms with Gasteiger partial charge in [0.1, 0.15) is 0 Å². The number of thioether (sulfide) groups is 1. The summed E-state index contributed by atoms with van der Waals surface area (Å²) in [6.07, 6.45) is 3.53. The van der Waals surface area contributed by atoms with E-state index in [0.29, 0.717) is 22.6 Å². The molecule has 3 aromatic carbocycles. The van der Waals surface area contributed by atoms with E-state index in [-0.39, 0.29) is 35.1 Å². The Morgan fingerprint density at radius 3 is 2.28 bits per heavy atom. The molecule has 3 aromatic rings. The zero-order valence-electron chi connectivity index (χ0n) is 24.5. The topological polar surface area (TPSA) is 88.5 Å². The first-order valence-corrected chi connectivity index (χ1v) is 17.4. The van der Waals surface area contributed by atoms with E-state index in [9.17, 15) is 13.2 Å². The fourth-order valence-corrected chi connectivity index (χ4v) is 10.3. The van der Waals surface area contributed by atoms with Crippen molar-refractivity contribution in [3.05, 3.63) is 83.9 Å². The molecule has 2 unspecified atom stereocenters. The first-order chi connectivity index (χ1) is 20.8. The highest BCUT2D eigenvalue weighted by atomic mass is 32.2. The van der Waals surface area contributed by atoms with Crippen molar-refractivity contribution in [3.63, 3.8) is 0 Å². The number of ether oxygens (including phenoxy) is 2. The first-order valence-electron chi connectivity index (χ1n) is 14.7. The van der Waals surface area contributed by atoms with E-state index in [0.717, 1.165) is 49.3 Å². The molecule has 0 bridgehead atoms. The van der Waals surface area contributed by atoms with Crippen LogP contribution < -0.4 is 19.3 Å². The number of amidine groups is 1. The number of benzene rings is 3. The summed E-state index contributed by atoms with van der Waals surface area (Å²) >= 11 is 1.39. The van der Waals surface area contributed by atoms with Crippen molar-refractivity contribution in [2.24, 2.45) is 10.9 Å². The second-order valence-electron chi connectivity index (χ2n) is 11.5. The lowest BCUT2D eigenvalue weighted by Gasteiger charge is -2.34. The maximum absolute atomic E-state index is 13.1. The molecule has 0 aliphatic carbocycles. The molecule has 43 heavy (non-hydrogen) atoms. The first kappa shape index (κ1) is 29.6. The number of hydrogen-bond donors (Lipinski definition) is 0. The largest absolute Gasteiger partial charge is 0.493 e. The molecule has 10 heteroatoms. The Labute approximate surface area is 258 Å². The van der Waals surface area contributed by atoms with E-state index >= 15 is 0 Å². The van der Waals surface area contributed by atoms with Gasteiger partial charge in [-0.25, -0.2) is 8.42 Å². The summed E-state index contributed by atoms with van der Waals surface area (Å²) in [5, 5.41) is 0.408. The molecule has 0 radical (unpaired) electrons. The molecule has 0 saturated carbocycles. The number of carbonyl (C=O) groups is 1. The molecule has 2 atom stereocenters. The van der Waals surface area contributed by atoms with Crippen LogP contribution >= 0.6 is 11.8 Å². The van der Waals surface area contributed by atoms with Gasteiger partial charge in [0.15, 0.2) is 26.5 Å². The molecule has 3 aliphatic heterocycles. The van der Waals surface area contributed by atoms with Crippen molar-refractivity contribution in [2.75, 3.05) is 48.6 Å². The van der Waals surface area contributed by atoms with Crippen LogP contribution in [0.1, 0.15) is 24.0 Å². The lowest BCUT2D eigenvalue weighted by Crippen LogP contribution is -2.38. The molecule has 3 saturated heterocycles. The fraction of sp³-hybridized carbons (Fsp3) is 0.394. The maximum atomic E-state index is 13.1. The Hall–Kier alpha value is -3.50. The second-order valence-corrected chi connectivity index (χ2v) is 14.8. The number of carbonyl (C=O) groups excluding carboxylic acids is 1. The van der Waals surface area contributed by atoms with Gasteiger partial charge in [0.05, 0.1) is 38.2 Å². The third-order valence-corrected chi connectivity index (χ3v) is 11.8. The van der Waals surface area contributed by atoms with E-state index in [1.807, 2.05) is 23.1 Å². The number of aliphatic imine (C=N–C) groups is 1. The summed E-state index contributed by atoms with van der Waals surface area (Å²) in [4.78, 5) is 22.0. The zero-order chi connectivity index (χ0) is 30.0. The zero-order valence-corrected chi connectivity index (χ0v) is 26.1. The molecule has 8 nitrogen and oxygen atoms in total. The highest BCUT2D eigenvalue weighted by Crippen LogP contribution is 2.41. The molecular formula is C33H37N3O5S2. The van der Waals surface area contributed by atoms with Crippen LogP contribution in [-0.2, 0) is 27.5 Å². The highest BCUT2D eigenvalue weighted by molar-refractivity contribution is 8.16. The average Bonchev–Trinajstić information content (AvgIpc) is 3.48. The number of methoxy groups -OCH3 is 2. The van der Waals surface area contributed by atoms with Gasteiger partial charge < -0.3 is 19.3 Å². The summed E-state index contributed by atoms with van der Waals surface area (Å²) in [5.74, 6) is 1.70. The number of sulfone groups is 1. The van der Waals surface area contributed by atoms with Crippen molar-refractivity contribution < 1.29 is 22.7 Å². The summed E-state index contributed by atoms with van der Waals surface area (Å²) in [6.45, 7) is 2.02. The van der Waals surface area contributed by atoms with Crippen molar-refractivity contribution in [1.29, 1.82) is 0 Å². The minimum atomic E-state index is -3.15. The smallest absolute Gasteiger partial charge is 0.252 e. The van der Waals surface area contributed by atoms with Crippen LogP contribution in [0.4, 0.5) is 11.4 Å². The Morgan fingerprint density at radius 2 is 1.58 bits per heavy atom. The van der Waals surface area contributed by atoms with Gasteiger partial charge in [-0.1, -0.05) is 48.2 Å². The monoisotopic (exact) mass is 619 g/mol. The van der Waals surface area contributed by atoms with Crippen LogP contribution in [0, 0.1) is 5.92 Å². The third kappa shape index (κ3) is 6.70. The van der Waals surface area contributed by atoms with Gasteiger partial charge in [-0.2, -0.15) is 4.99 Å². The average molecular weight is 620 g/mol. The Balaban J connectivity index is 1.16. The molecule has 0 aromatic heterocycles. The Morgan fingerprint density at radius 1 is 0.884 bits per heavy atom. The Bertz CT molecular complexity index is 1590. The van der Waals surface area contributed by atoms with Gasteiger partial charge in [-0.15, -0.1) is 0 Å². The van der Waals surface area contributed by atoms with E-state index in [1.165, 1.54) is 17.3 Å². The minimum Gasteiger partial charge on any atom is -0.493 e. The van der Waals surface area contributed by atoms with Gasteiger partial charge in [0.2, 0.25) is 0 Å². The van der Waals surface area contributed by atoms with E-state index in [4.69, 9.17) is 9.47 Å². The third-order valence-electron chi connectivity index (χ3n) is 8.56. The standard InChI is InChI=1S/C33H37N3O5S2/c1-40-29-13-8-25(19-30(29)41-2)20-32(37)34-33-36(28-21-43(38,39)22-31(28)42-33)27-11-9-26(10-12-27)35-16-14-24(15-17-35)18-23-6-4-3-5-7-23/h3-13,19,24,28,31H,14-18,20-22H2,1-2H3. The van der Waals surface area contributed by atoms with E-state index in [2.05, 4.69) is 52.4 Å². The van der Waals surface area contributed by atoms with Crippen molar-refractivity contribution >= 4 is 44.0 Å². The SMILES string of the molecule is COc1ccc(CC(=O)N=C2SC3CS(=O)(=O)CC3N2c2ccc(N3CCC(Cc4ccccc4)CC3)cc2)cc1OC. The number of piperidine rings is 1. The number of rotatable bonds is 8. The van der Waals surface area contributed by atoms with Gasteiger partial charge in [0.25, 0.3) is 5.91 Å². The van der Waals surface area contributed by atoms with Crippen LogP contribution in [0.3, 0.4) is 0 Å². The number of anilines is 2. The predicted octanol–water partition coefficient (Wildman–Crippen LogP) is 5.01. The van der Waals surface area contributed by atoms with Gasteiger partial charge in [-0.3, -0.25) is 4.79 Å². The summed E-state index contributed by atoms with van der Waals surface area (Å²) in [6, 6.07) is 24.1. The number of nitrogens with zero attached hydrogens (tertiary/aromatic N) is 3. The fourth-order valence-electron chi connectivity index (χ4n) is 6.34. The van der Waals surface area contributed by atoms with Gasteiger partial charge >= 0.3 is 0 Å². The second kappa shape index (κ2) is 12.6. The lowest BCUT2D eigenvalue weighted by molar-refractivity contribution is -0.117. The summed E-state index contributed by atoms with van der Waals surface area (Å²) in [7, 11) is -0.0239. The predicted molar refractivity (Wildman–Crippen MR) is 174 cm³/mol. The van der Waals surface area contributed by atoms with Crippen LogP contribution in [0.5, 0.6) is 11.5 Å². The van der Waals surface area contributed by atoms with Crippen LogP contribution in [0.15, 0.2) is 77.8 Å². The molecular weight excluding hydrogens is 583 g/mol. The number of amides is 1. The minimum absolute atomic E-state index is 0.0598. The normalized spacial score (nSPS) is 22.5. The summed E-state index contributed by atoms with van der Waals surface area (Å²) < 4.78 is 35.7. The van der Waals surface area contributed by atoms with Crippen LogP contribution in [-0.4, -0.2) is 69.6 Å². The Kier molecular flexibility index (Phi) is 8.68. The maximum Gasteiger partial charge on any atom is 0.252 e. The van der Waals surface area contributed by atoms with Crippen molar-refractivity contribution in [2.45, 2.75) is 37.0 Å². The molecule has 1 amide bonds. The lowest BCUT2D eigenvalue weighted by atomic mass is 9.90. The molecule has 226 valence electrons. The van der Waals surface area contributed by atoms with Crippen molar-refractivity contribution in [1.82, 2.24) is 0 Å². The summed E-state index contributed by atoms with van der Waals surface area (Å²) in [5.41, 5.74) is 4.19. The van der Waals surface area contributed by atoms with E-state index in [1.54, 1.807) is 26.4 Å². The molecule has 0 N–H and O–H groups in total. The molecule has 0 spiro atoms. The van der Waals surface area contributed by atoms with Crippen LogP contribution in [0.25, 0.3) is 0 Å². The van der Waals surface area contributed by atoms with Gasteiger partial charge in [-0.05, 0) is 72.7 Å². The van der Waals surface area contributed by atoms with E-state index < -0.39 is 9.84 Å². The quantitative estimate of drug-likeness (QED) is 0.348. The number of hydrogen-bond acceptors (Lipinski definition) is 7. The molecule has 6 rings (SSSR count). The molecule has 3 fully saturated rings. The number of fused-ring (bicyclic) bond motifs is 1. The molecule has 3 aliphatic rings. The van der Waals surface area contributed by atoms with Crippen LogP contribution in [0.2, 0.25) is 0 Å². The molecule has 3 heterocycles. The van der Waals surface area contributed by atoms with Gasteiger partial charge in [0, 0.05) is 29.7 Å².